The smallest absolute Gasteiger partial charge is 0.257 e. The first kappa shape index (κ1) is 18.3. The maximum atomic E-state index is 12.5. The van der Waals surface area contributed by atoms with Crippen LogP contribution in [0.4, 0.5) is 22.7 Å². The van der Waals surface area contributed by atoms with E-state index < -0.39 is 0 Å². The molecule has 2 amide bonds. The van der Waals surface area contributed by atoms with Gasteiger partial charge in [0.05, 0.1) is 17.4 Å². The molecule has 3 aromatic rings. The molecule has 0 bridgehead atoms. The van der Waals surface area contributed by atoms with E-state index in [1.165, 1.54) is 13.1 Å². The van der Waals surface area contributed by atoms with E-state index in [2.05, 4.69) is 20.9 Å². The Bertz CT molecular complexity index is 1070. The van der Waals surface area contributed by atoms with E-state index in [0.29, 0.717) is 34.1 Å². The highest BCUT2D eigenvalue weighted by atomic mass is 16.7. The van der Waals surface area contributed by atoms with Gasteiger partial charge in [-0.2, -0.15) is 0 Å². The van der Waals surface area contributed by atoms with Crippen molar-refractivity contribution >= 4 is 34.6 Å². The molecule has 0 spiro atoms. The maximum Gasteiger partial charge on any atom is 0.257 e. The monoisotopic (exact) mass is 390 g/mol. The van der Waals surface area contributed by atoms with Crippen LogP contribution in [0.15, 0.2) is 60.9 Å². The van der Waals surface area contributed by atoms with Gasteiger partial charge in [-0.3, -0.25) is 14.6 Å². The van der Waals surface area contributed by atoms with Crippen LogP contribution in [0, 0.1) is 0 Å². The molecule has 3 N–H and O–H groups in total. The van der Waals surface area contributed by atoms with Crippen LogP contribution < -0.4 is 25.4 Å². The number of hydrogen-bond donors (Lipinski definition) is 3. The van der Waals surface area contributed by atoms with E-state index in [-0.39, 0.29) is 18.6 Å². The largest absolute Gasteiger partial charge is 0.454 e. The topological polar surface area (TPSA) is 102 Å². The lowest BCUT2D eigenvalue weighted by Crippen LogP contribution is -2.12. The Morgan fingerprint density at radius 2 is 1.52 bits per heavy atom. The number of nitrogens with one attached hydrogen (secondary N) is 3. The summed E-state index contributed by atoms with van der Waals surface area (Å²) in [6.07, 6.45) is 3.12. The second-order valence-corrected chi connectivity index (χ2v) is 6.37. The highest BCUT2D eigenvalue weighted by Crippen LogP contribution is 2.35. The van der Waals surface area contributed by atoms with Gasteiger partial charge in [0, 0.05) is 36.2 Å². The van der Waals surface area contributed by atoms with Gasteiger partial charge < -0.3 is 25.4 Å². The third-order valence-corrected chi connectivity index (χ3v) is 4.12. The van der Waals surface area contributed by atoms with Gasteiger partial charge in [-0.1, -0.05) is 0 Å². The highest BCUT2D eigenvalue weighted by Gasteiger charge is 2.14. The zero-order chi connectivity index (χ0) is 20.2. The molecular weight excluding hydrogens is 372 g/mol. The fraction of sp³-hybridized carbons (Fsp3) is 0.0952. The Hall–Kier alpha value is -4.07. The number of hydrogen-bond acceptors (Lipinski definition) is 6. The minimum absolute atomic E-state index is 0.153. The zero-order valence-corrected chi connectivity index (χ0v) is 15.6. The van der Waals surface area contributed by atoms with Crippen LogP contribution in [0.2, 0.25) is 0 Å². The number of carbonyl (C=O) groups excluding carboxylic acids is 2. The molecule has 2 aromatic carbocycles. The van der Waals surface area contributed by atoms with Gasteiger partial charge in [0.15, 0.2) is 11.5 Å². The molecule has 8 nitrogen and oxygen atoms in total. The number of fused-ring (bicyclic) bond motifs is 1. The van der Waals surface area contributed by atoms with Crippen LogP contribution in [0.5, 0.6) is 11.5 Å². The summed E-state index contributed by atoms with van der Waals surface area (Å²) < 4.78 is 10.7. The van der Waals surface area contributed by atoms with Crippen LogP contribution in [0.25, 0.3) is 0 Å². The van der Waals surface area contributed by atoms with Gasteiger partial charge in [-0.25, -0.2) is 0 Å². The number of nitrogens with zero attached hydrogens (tertiary/aromatic N) is 1. The van der Waals surface area contributed by atoms with Gasteiger partial charge in [0.25, 0.3) is 5.91 Å². The lowest BCUT2D eigenvalue weighted by molar-refractivity contribution is -0.114. The van der Waals surface area contributed by atoms with Crippen LogP contribution in [-0.2, 0) is 4.79 Å². The minimum Gasteiger partial charge on any atom is -0.454 e. The fourth-order valence-electron chi connectivity index (χ4n) is 2.82. The molecule has 0 fully saturated rings. The lowest BCUT2D eigenvalue weighted by atomic mass is 10.2. The number of benzene rings is 2. The van der Waals surface area contributed by atoms with Crippen LogP contribution >= 0.6 is 0 Å². The van der Waals surface area contributed by atoms with Crippen molar-refractivity contribution in [2.24, 2.45) is 0 Å². The van der Waals surface area contributed by atoms with Crippen molar-refractivity contribution in [2.45, 2.75) is 6.92 Å². The molecule has 8 heteroatoms. The predicted octanol–water partition coefficient (Wildman–Crippen LogP) is 3.76. The third-order valence-electron chi connectivity index (χ3n) is 4.12. The Labute approximate surface area is 166 Å². The zero-order valence-electron chi connectivity index (χ0n) is 15.6. The number of carbonyl (C=O) groups is 2. The molecule has 0 saturated heterocycles. The summed E-state index contributed by atoms with van der Waals surface area (Å²) in [5.74, 6) is 0.921. The van der Waals surface area contributed by atoms with Crippen molar-refractivity contribution in [1.29, 1.82) is 0 Å². The number of rotatable bonds is 5. The molecular formula is C21H18N4O4. The van der Waals surface area contributed by atoms with Crippen molar-refractivity contribution < 1.29 is 19.1 Å². The van der Waals surface area contributed by atoms with E-state index in [4.69, 9.17) is 9.47 Å². The van der Waals surface area contributed by atoms with Crippen molar-refractivity contribution in [3.63, 3.8) is 0 Å². The van der Waals surface area contributed by atoms with E-state index in [9.17, 15) is 9.59 Å². The predicted molar refractivity (Wildman–Crippen MR) is 109 cm³/mol. The van der Waals surface area contributed by atoms with Crippen molar-refractivity contribution in [3.05, 3.63) is 66.5 Å². The summed E-state index contributed by atoms with van der Waals surface area (Å²) in [7, 11) is 0. The molecule has 2 heterocycles. The summed E-state index contributed by atoms with van der Waals surface area (Å²) >= 11 is 0. The molecule has 1 aliphatic heterocycles. The summed E-state index contributed by atoms with van der Waals surface area (Å²) in [6.45, 7) is 1.65. The van der Waals surface area contributed by atoms with Gasteiger partial charge >= 0.3 is 0 Å². The Morgan fingerprint density at radius 3 is 2.28 bits per heavy atom. The van der Waals surface area contributed by atoms with E-state index in [0.717, 1.165) is 5.69 Å². The fourth-order valence-corrected chi connectivity index (χ4v) is 2.82. The SMILES string of the molecule is CC(=O)Nc1ccc(NC(=O)c2cncc(Nc3ccc4c(c3)OCO4)c2)cc1. The Morgan fingerprint density at radius 1 is 0.828 bits per heavy atom. The van der Waals surface area contributed by atoms with E-state index >= 15 is 0 Å². The summed E-state index contributed by atoms with van der Waals surface area (Å²) in [6, 6.07) is 14.1. The van der Waals surface area contributed by atoms with Crippen LogP contribution in [0.1, 0.15) is 17.3 Å². The number of aromatic nitrogens is 1. The maximum absolute atomic E-state index is 12.5. The number of pyridine rings is 1. The third kappa shape index (κ3) is 4.44. The van der Waals surface area contributed by atoms with Crippen LogP contribution in [0.3, 0.4) is 0 Å². The molecule has 1 aliphatic rings. The number of ether oxygens (including phenoxy) is 2. The summed E-state index contributed by atoms with van der Waals surface area (Å²) in [4.78, 5) is 27.8. The highest BCUT2D eigenvalue weighted by molar-refractivity contribution is 6.04. The minimum atomic E-state index is -0.292. The number of anilines is 4. The first-order valence-electron chi connectivity index (χ1n) is 8.87. The second-order valence-electron chi connectivity index (χ2n) is 6.37. The summed E-state index contributed by atoms with van der Waals surface area (Å²) in [5.41, 5.74) is 3.13. The Kier molecular flexibility index (Phi) is 4.98. The van der Waals surface area contributed by atoms with E-state index in [1.807, 2.05) is 18.2 Å². The second kappa shape index (κ2) is 7.89. The lowest BCUT2D eigenvalue weighted by Gasteiger charge is -2.10. The molecule has 0 unspecified atom stereocenters. The van der Waals surface area contributed by atoms with Gasteiger partial charge in [-0.05, 0) is 42.5 Å². The summed E-state index contributed by atoms with van der Waals surface area (Å²) in [5, 5.41) is 8.68. The van der Waals surface area contributed by atoms with Gasteiger partial charge in [0.2, 0.25) is 12.7 Å². The number of amides is 2. The average Bonchev–Trinajstić information content (AvgIpc) is 3.17. The molecule has 29 heavy (non-hydrogen) atoms. The molecule has 0 aliphatic carbocycles. The average molecular weight is 390 g/mol. The standard InChI is InChI=1S/C21H18N4O4/c1-13(26)23-15-2-4-16(5-3-15)25-21(27)14-8-18(11-22-10-14)24-17-6-7-19-20(9-17)29-12-28-19/h2-11,24H,12H2,1H3,(H,23,26)(H,25,27). The molecule has 4 rings (SSSR count). The molecule has 0 saturated carbocycles. The molecule has 146 valence electrons. The normalized spacial score (nSPS) is 11.6. The van der Waals surface area contributed by atoms with Crippen LogP contribution in [-0.4, -0.2) is 23.6 Å². The van der Waals surface area contributed by atoms with Gasteiger partial charge in [-0.15, -0.1) is 0 Å². The van der Waals surface area contributed by atoms with Gasteiger partial charge in [0.1, 0.15) is 0 Å². The first-order chi connectivity index (χ1) is 14.1. The molecule has 0 radical (unpaired) electrons. The van der Waals surface area contributed by atoms with Crippen molar-refractivity contribution in [3.8, 4) is 11.5 Å². The van der Waals surface area contributed by atoms with E-state index in [1.54, 1.807) is 36.5 Å². The van der Waals surface area contributed by atoms with Crippen molar-refractivity contribution in [2.75, 3.05) is 22.7 Å². The quantitative estimate of drug-likeness (QED) is 0.613. The first-order valence-corrected chi connectivity index (χ1v) is 8.87. The Balaban J connectivity index is 1.43. The molecule has 1 aromatic heterocycles. The molecule has 0 atom stereocenters. The van der Waals surface area contributed by atoms with Crippen molar-refractivity contribution in [1.82, 2.24) is 4.98 Å².